The maximum absolute atomic E-state index is 12.4. The summed E-state index contributed by atoms with van der Waals surface area (Å²) in [5.41, 5.74) is 0.758. The molecular formula is C17H19ClN4O3. The first-order valence-corrected chi connectivity index (χ1v) is 8.11. The zero-order valence-corrected chi connectivity index (χ0v) is 14.9. The lowest BCUT2D eigenvalue weighted by atomic mass is 10.2. The number of hydrogen-bond donors (Lipinski definition) is 2. The maximum Gasteiger partial charge on any atom is 0.337 e. The summed E-state index contributed by atoms with van der Waals surface area (Å²) < 4.78 is 4.66. The van der Waals surface area contributed by atoms with Gasteiger partial charge in [0.25, 0.3) is 5.91 Å². The van der Waals surface area contributed by atoms with Gasteiger partial charge in [0.2, 0.25) is 5.95 Å². The van der Waals surface area contributed by atoms with E-state index in [-0.39, 0.29) is 17.3 Å². The minimum Gasteiger partial charge on any atom is -0.465 e. The van der Waals surface area contributed by atoms with Gasteiger partial charge in [0.1, 0.15) is 5.69 Å². The normalized spacial score (nSPS) is 11.5. The Hall–Kier alpha value is -2.67. The second kappa shape index (κ2) is 8.43. The molecule has 0 aliphatic heterocycles. The second-order valence-electron chi connectivity index (χ2n) is 5.36. The Morgan fingerprint density at radius 1 is 1.32 bits per heavy atom. The molecule has 0 spiro atoms. The first-order chi connectivity index (χ1) is 11.9. The molecule has 25 heavy (non-hydrogen) atoms. The van der Waals surface area contributed by atoms with Crippen LogP contribution in [0.3, 0.4) is 0 Å². The number of carbonyl (C=O) groups excluding carboxylic acids is 2. The Balaban J connectivity index is 2.19. The second-order valence-corrected chi connectivity index (χ2v) is 5.77. The minimum atomic E-state index is -0.519. The van der Waals surface area contributed by atoms with Crippen molar-refractivity contribution < 1.29 is 14.3 Å². The molecule has 0 fully saturated rings. The van der Waals surface area contributed by atoms with E-state index in [1.54, 1.807) is 0 Å². The molecule has 2 rings (SSSR count). The summed E-state index contributed by atoms with van der Waals surface area (Å²) >= 11 is 6.08. The molecule has 2 aromatic rings. The number of nitrogens with one attached hydrogen (secondary N) is 2. The van der Waals surface area contributed by atoms with Crippen LogP contribution >= 0.6 is 11.6 Å². The van der Waals surface area contributed by atoms with Crippen molar-refractivity contribution in [3.05, 3.63) is 46.7 Å². The molecule has 1 heterocycles. The number of hydrogen-bond acceptors (Lipinski definition) is 6. The third-order valence-electron chi connectivity index (χ3n) is 3.51. The van der Waals surface area contributed by atoms with Gasteiger partial charge in [-0.05, 0) is 37.6 Å². The van der Waals surface area contributed by atoms with Crippen molar-refractivity contribution >= 4 is 35.1 Å². The van der Waals surface area contributed by atoms with Crippen LogP contribution in [0.15, 0.2) is 30.5 Å². The zero-order valence-electron chi connectivity index (χ0n) is 14.2. The number of rotatable bonds is 6. The summed E-state index contributed by atoms with van der Waals surface area (Å²) in [5.74, 6) is -0.607. The monoisotopic (exact) mass is 362 g/mol. The van der Waals surface area contributed by atoms with Crippen LogP contribution < -0.4 is 10.6 Å². The van der Waals surface area contributed by atoms with Gasteiger partial charge in [-0.3, -0.25) is 4.79 Å². The fourth-order valence-electron chi connectivity index (χ4n) is 1.93. The number of anilines is 2. The molecule has 1 unspecified atom stereocenters. The first-order valence-electron chi connectivity index (χ1n) is 7.73. The Labute approximate surface area is 150 Å². The van der Waals surface area contributed by atoms with E-state index >= 15 is 0 Å². The number of nitrogens with zero attached hydrogens (tertiary/aromatic N) is 2. The molecule has 0 saturated heterocycles. The Morgan fingerprint density at radius 3 is 2.76 bits per heavy atom. The summed E-state index contributed by atoms with van der Waals surface area (Å²) in [6.07, 6.45) is 2.40. The molecule has 1 amide bonds. The highest BCUT2D eigenvalue weighted by Gasteiger charge is 2.14. The van der Waals surface area contributed by atoms with Gasteiger partial charge in [0.15, 0.2) is 0 Å². The molecule has 0 aliphatic rings. The van der Waals surface area contributed by atoms with Crippen molar-refractivity contribution in [3.8, 4) is 0 Å². The largest absolute Gasteiger partial charge is 0.465 e. The van der Waals surface area contributed by atoms with Crippen LogP contribution in [0, 0.1) is 0 Å². The minimum absolute atomic E-state index is 0.181. The number of carbonyl (C=O) groups is 2. The highest BCUT2D eigenvalue weighted by atomic mass is 35.5. The summed E-state index contributed by atoms with van der Waals surface area (Å²) in [6, 6.07) is 6.16. The lowest BCUT2D eigenvalue weighted by Gasteiger charge is -2.12. The summed E-state index contributed by atoms with van der Waals surface area (Å²) in [6.45, 7) is 4.03. The van der Waals surface area contributed by atoms with Crippen molar-refractivity contribution in [1.29, 1.82) is 0 Å². The van der Waals surface area contributed by atoms with Crippen LogP contribution in [0.5, 0.6) is 0 Å². The quantitative estimate of drug-likeness (QED) is 0.765. The molecule has 0 bridgehead atoms. The van der Waals surface area contributed by atoms with Gasteiger partial charge in [-0.2, -0.15) is 0 Å². The molecule has 1 atom stereocenters. The van der Waals surface area contributed by atoms with Crippen molar-refractivity contribution in [2.24, 2.45) is 0 Å². The topological polar surface area (TPSA) is 93.2 Å². The first kappa shape index (κ1) is 18.7. The number of ether oxygens (including phenoxy) is 1. The third-order valence-corrected chi connectivity index (χ3v) is 3.84. The standard InChI is InChI=1S/C17H19ClN4O3/c1-4-10(2)20-17-19-8-7-13(22-17)15(23)21-14-9-11(16(24)25-3)5-6-12(14)18/h5-10H,4H2,1-3H3,(H,21,23)(H,19,20,22). The highest BCUT2D eigenvalue weighted by Crippen LogP contribution is 2.24. The number of amides is 1. The van der Waals surface area contributed by atoms with E-state index in [1.165, 1.54) is 37.6 Å². The van der Waals surface area contributed by atoms with Crippen LogP contribution in [0.2, 0.25) is 5.02 Å². The molecule has 8 heteroatoms. The summed E-state index contributed by atoms with van der Waals surface area (Å²) in [7, 11) is 1.28. The number of benzene rings is 1. The number of halogens is 1. The van der Waals surface area contributed by atoms with E-state index in [0.29, 0.717) is 16.7 Å². The van der Waals surface area contributed by atoms with E-state index in [2.05, 4.69) is 25.3 Å². The smallest absolute Gasteiger partial charge is 0.337 e. The number of aromatic nitrogens is 2. The van der Waals surface area contributed by atoms with Gasteiger partial charge in [0.05, 0.1) is 23.4 Å². The number of esters is 1. The molecule has 132 valence electrons. The predicted octanol–water partition coefficient (Wildman–Crippen LogP) is 3.38. The summed E-state index contributed by atoms with van der Waals surface area (Å²) in [5, 5.41) is 6.05. The van der Waals surface area contributed by atoms with Crippen LogP contribution in [0.1, 0.15) is 41.1 Å². The average Bonchev–Trinajstić information content (AvgIpc) is 2.62. The van der Waals surface area contributed by atoms with E-state index in [4.69, 9.17) is 11.6 Å². The summed E-state index contributed by atoms with van der Waals surface area (Å²) in [4.78, 5) is 32.3. The van der Waals surface area contributed by atoms with E-state index < -0.39 is 11.9 Å². The van der Waals surface area contributed by atoms with Crippen LogP contribution in [-0.4, -0.2) is 35.0 Å². The van der Waals surface area contributed by atoms with Gasteiger partial charge >= 0.3 is 5.97 Å². The van der Waals surface area contributed by atoms with Crippen LogP contribution in [0.25, 0.3) is 0 Å². The van der Waals surface area contributed by atoms with Crippen molar-refractivity contribution in [3.63, 3.8) is 0 Å². The van der Waals surface area contributed by atoms with Gasteiger partial charge in [0, 0.05) is 12.2 Å². The Kier molecular flexibility index (Phi) is 6.30. The molecular weight excluding hydrogens is 344 g/mol. The molecule has 1 aromatic carbocycles. The van der Waals surface area contributed by atoms with Gasteiger partial charge in [-0.15, -0.1) is 0 Å². The maximum atomic E-state index is 12.4. The predicted molar refractivity (Wildman–Crippen MR) is 96.2 cm³/mol. The zero-order chi connectivity index (χ0) is 18.4. The Bertz CT molecular complexity index is 782. The van der Waals surface area contributed by atoms with Crippen molar-refractivity contribution in [1.82, 2.24) is 9.97 Å². The van der Waals surface area contributed by atoms with Gasteiger partial charge in [-0.1, -0.05) is 18.5 Å². The fraction of sp³-hybridized carbons (Fsp3) is 0.294. The van der Waals surface area contributed by atoms with E-state index in [0.717, 1.165) is 6.42 Å². The van der Waals surface area contributed by atoms with Crippen LogP contribution in [0.4, 0.5) is 11.6 Å². The molecule has 7 nitrogen and oxygen atoms in total. The SMILES string of the molecule is CCC(C)Nc1nccc(C(=O)Nc2cc(C(=O)OC)ccc2Cl)n1. The van der Waals surface area contributed by atoms with Crippen LogP contribution in [-0.2, 0) is 4.74 Å². The molecule has 2 N–H and O–H groups in total. The number of methoxy groups -OCH3 is 1. The van der Waals surface area contributed by atoms with E-state index in [9.17, 15) is 9.59 Å². The fourth-order valence-corrected chi connectivity index (χ4v) is 2.09. The molecule has 0 aliphatic carbocycles. The highest BCUT2D eigenvalue weighted by molar-refractivity contribution is 6.34. The third kappa shape index (κ3) is 4.90. The van der Waals surface area contributed by atoms with Gasteiger partial charge in [-0.25, -0.2) is 14.8 Å². The Morgan fingerprint density at radius 2 is 2.08 bits per heavy atom. The van der Waals surface area contributed by atoms with Crippen molar-refractivity contribution in [2.45, 2.75) is 26.3 Å². The average molecular weight is 363 g/mol. The van der Waals surface area contributed by atoms with Gasteiger partial charge < -0.3 is 15.4 Å². The molecule has 0 saturated carbocycles. The lowest BCUT2D eigenvalue weighted by Crippen LogP contribution is -2.19. The lowest BCUT2D eigenvalue weighted by molar-refractivity contribution is 0.0600. The van der Waals surface area contributed by atoms with E-state index in [1.807, 2.05) is 13.8 Å². The van der Waals surface area contributed by atoms with Crippen molar-refractivity contribution in [2.75, 3.05) is 17.7 Å². The molecule has 0 radical (unpaired) electrons. The molecule has 1 aromatic heterocycles.